The largest absolute Gasteiger partial charge is 0.366 e. The van der Waals surface area contributed by atoms with Gasteiger partial charge in [-0.2, -0.15) is 0 Å². The lowest BCUT2D eigenvalue weighted by Gasteiger charge is -2.06. The Kier molecular flexibility index (Phi) is 3.60. The van der Waals surface area contributed by atoms with Crippen LogP contribution < -0.4 is 16.6 Å². The molecule has 4 N–H and O–H groups in total. The van der Waals surface area contributed by atoms with Gasteiger partial charge in [-0.25, -0.2) is 4.98 Å². The van der Waals surface area contributed by atoms with Gasteiger partial charge in [-0.05, 0) is 46.9 Å². The molecule has 0 saturated heterocycles. The summed E-state index contributed by atoms with van der Waals surface area (Å²) in [5, 5.41) is 2.99. The summed E-state index contributed by atoms with van der Waals surface area (Å²) < 4.78 is 0.467. The molecule has 0 radical (unpaired) electrons. The van der Waals surface area contributed by atoms with Gasteiger partial charge in [-0.1, -0.05) is 0 Å². The highest BCUT2D eigenvalue weighted by molar-refractivity contribution is 14.1. The Labute approximate surface area is 116 Å². The molecule has 0 aliphatic carbocycles. The zero-order chi connectivity index (χ0) is 13.1. The van der Waals surface area contributed by atoms with Gasteiger partial charge >= 0.3 is 0 Å². The quantitative estimate of drug-likeness (QED) is 0.720. The molecule has 1 aromatic carbocycles. The molecule has 2 rings (SSSR count). The van der Waals surface area contributed by atoms with Crippen molar-refractivity contribution in [2.24, 2.45) is 5.73 Å². The number of anilines is 2. The summed E-state index contributed by atoms with van der Waals surface area (Å²) in [6, 6.07) is 6.59. The number of nitrogens with one attached hydrogen (secondary N) is 2. The highest BCUT2D eigenvalue weighted by Gasteiger charge is 2.05. The third-order valence-corrected chi connectivity index (χ3v) is 3.23. The van der Waals surface area contributed by atoms with Gasteiger partial charge in [-0.15, -0.1) is 0 Å². The molecule has 0 fully saturated rings. The second-order valence-electron chi connectivity index (χ2n) is 3.46. The molecular formula is C11H9IN4O2. The predicted octanol–water partition coefficient (Wildman–Crippen LogP) is 1.22. The molecule has 0 spiro atoms. The van der Waals surface area contributed by atoms with E-state index in [9.17, 15) is 9.59 Å². The number of halogens is 1. The fraction of sp³-hybridized carbons (Fsp3) is 0. The number of amides is 1. The highest BCUT2D eigenvalue weighted by atomic mass is 127. The molecule has 18 heavy (non-hydrogen) atoms. The van der Waals surface area contributed by atoms with Crippen LogP contribution in [-0.4, -0.2) is 15.9 Å². The highest BCUT2D eigenvalue weighted by Crippen LogP contribution is 2.17. The summed E-state index contributed by atoms with van der Waals surface area (Å²) in [7, 11) is 0. The maximum atomic E-state index is 11.4. The van der Waals surface area contributed by atoms with Crippen molar-refractivity contribution in [1.29, 1.82) is 0 Å². The van der Waals surface area contributed by atoms with Crippen molar-refractivity contribution in [3.63, 3.8) is 0 Å². The number of nitrogens with zero attached hydrogens (tertiary/aromatic N) is 1. The first-order valence-electron chi connectivity index (χ1n) is 4.98. The normalized spacial score (nSPS) is 10.1. The van der Waals surface area contributed by atoms with Crippen molar-refractivity contribution in [2.45, 2.75) is 0 Å². The zero-order valence-electron chi connectivity index (χ0n) is 9.11. The number of hydrogen-bond acceptors (Lipinski definition) is 4. The van der Waals surface area contributed by atoms with Crippen LogP contribution in [-0.2, 0) is 0 Å². The van der Waals surface area contributed by atoms with Gasteiger partial charge in [0.2, 0.25) is 5.91 Å². The van der Waals surface area contributed by atoms with E-state index in [0.717, 1.165) is 5.69 Å². The van der Waals surface area contributed by atoms with Gasteiger partial charge < -0.3 is 16.0 Å². The van der Waals surface area contributed by atoms with Gasteiger partial charge in [0.05, 0.1) is 6.33 Å². The van der Waals surface area contributed by atoms with Gasteiger partial charge in [-0.3, -0.25) is 9.59 Å². The van der Waals surface area contributed by atoms with Crippen molar-refractivity contribution >= 4 is 40.0 Å². The molecular weight excluding hydrogens is 347 g/mol. The molecule has 0 atom stereocenters. The lowest BCUT2D eigenvalue weighted by atomic mass is 10.2. The average Bonchev–Trinajstić information content (AvgIpc) is 2.36. The number of nitrogens with two attached hydrogens (primary N) is 1. The number of carbonyl (C=O) groups excluding carboxylic acids is 1. The molecule has 1 aromatic heterocycles. The Balaban J connectivity index is 2.26. The first-order valence-corrected chi connectivity index (χ1v) is 6.06. The van der Waals surface area contributed by atoms with Crippen LogP contribution in [0.4, 0.5) is 11.5 Å². The number of primary amides is 1. The number of H-pyrrole nitrogens is 1. The van der Waals surface area contributed by atoms with Crippen LogP contribution >= 0.6 is 22.6 Å². The molecule has 6 nitrogen and oxygen atoms in total. The third kappa shape index (κ3) is 2.67. The van der Waals surface area contributed by atoms with E-state index < -0.39 is 5.91 Å². The Bertz CT molecular complexity index is 636. The Hall–Kier alpha value is -1.90. The molecule has 0 bridgehead atoms. The summed E-state index contributed by atoms with van der Waals surface area (Å²) in [4.78, 5) is 28.8. The lowest BCUT2D eigenvalue weighted by Crippen LogP contribution is -2.13. The van der Waals surface area contributed by atoms with E-state index in [-0.39, 0.29) is 5.56 Å². The van der Waals surface area contributed by atoms with Gasteiger partial charge in [0.15, 0.2) is 5.82 Å². The van der Waals surface area contributed by atoms with Gasteiger partial charge in [0, 0.05) is 11.3 Å². The summed E-state index contributed by atoms with van der Waals surface area (Å²) in [5.41, 5.74) is 6.08. The van der Waals surface area contributed by atoms with E-state index in [0.29, 0.717) is 15.0 Å². The average molecular weight is 356 g/mol. The predicted molar refractivity (Wildman–Crippen MR) is 75.8 cm³/mol. The van der Waals surface area contributed by atoms with Crippen molar-refractivity contribution in [2.75, 3.05) is 5.32 Å². The summed E-state index contributed by atoms with van der Waals surface area (Å²) in [5.74, 6) is -0.0170. The third-order valence-electron chi connectivity index (χ3n) is 2.23. The van der Waals surface area contributed by atoms with Crippen LogP contribution in [0.15, 0.2) is 35.4 Å². The SMILES string of the molecule is NC(=O)c1ccc(Nc2nc[nH]c(=O)c2I)cc1. The number of aromatic amines is 1. The Morgan fingerprint density at radius 3 is 2.61 bits per heavy atom. The molecule has 1 heterocycles. The van der Waals surface area contributed by atoms with Crippen LogP contribution in [0.2, 0.25) is 0 Å². The Morgan fingerprint density at radius 2 is 2.00 bits per heavy atom. The second kappa shape index (κ2) is 5.17. The lowest BCUT2D eigenvalue weighted by molar-refractivity contribution is 0.100. The fourth-order valence-electron chi connectivity index (χ4n) is 1.32. The Morgan fingerprint density at radius 1 is 1.33 bits per heavy atom. The van der Waals surface area contributed by atoms with Crippen LogP contribution in [0.1, 0.15) is 10.4 Å². The topological polar surface area (TPSA) is 101 Å². The van der Waals surface area contributed by atoms with Crippen LogP contribution in [0.25, 0.3) is 0 Å². The van der Waals surface area contributed by atoms with Crippen molar-refractivity contribution in [3.05, 3.63) is 50.1 Å². The van der Waals surface area contributed by atoms with Crippen LogP contribution in [0.5, 0.6) is 0 Å². The first-order chi connectivity index (χ1) is 8.58. The fourth-order valence-corrected chi connectivity index (χ4v) is 1.75. The van der Waals surface area contributed by atoms with Gasteiger partial charge in [0.1, 0.15) is 3.57 Å². The standard InChI is InChI=1S/C11H9IN4O2/c12-8-10(14-5-15-11(8)18)16-7-3-1-6(2-4-7)9(13)17/h1-5H,(H2,13,17)(H2,14,15,16,18). The monoisotopic (exact) mass is 356 g/mol. The van der Waals surface area contributed by atoms with Crippen LogP contribution in [0.3, 0.4) is 0 Å². The molecule has 0 aliphatic heterocycles. The maximum Gasteiger partial charge on any atom is 0.266 e. The van der Waals surface area contributed by atoms with Gasteiger partial charge in [0.25, 0.3) is 5.56 Å². The van der Waals surface area contributed by atoms with E-state index >= 15 is 0 Å². The molecule has 92 valence electrons. The molecule has 0 aliphatic rings. The van der Waals surface area contributed by atoms with E-state index in [1.807, 2.05) is 22.6 Å². The summed E-state index contributed by atoms with van der Waals surface area (Å²) in [6.45, 7) is 0. The molecule has 1 amide bonds. The van der Waals surface area contributed by atoms with Crippen molar-refractivity contribution in [3.8, 4) is 0 Å². The van der Waals surface area contributed by atoms with E-state index in [4.69, 9.17) is 5.73 Å². The van der Waals surface area contributed by atoms with E-state index in [2.05, 4.69) is 15.3 Å². The minimum atomic E-state index is -0.481. The number of rotatable bonds is 3. The summed E-state index contributed by atoms with van der Waals surface area (Å²) in [6.07, 6.45) is 1.32. The minimum absolute atomic E-state index is 0.207. The summed E-state index contributed by atoms with van der Waals surface area (Å²) >= 11 is 1.91. The smallest absolute Gasteiger partial charge is 0.266 e. The second-order valence-corrected chi connectivity index (χ2v) is 4.54. The van der Waals surface area contributed by atoms with Crippen molar-refractivity contribution in [1.82, 2.24) is 9.97 Å². The van der Waals surface area contributed by atoms with Crippen LogP contribution in [0, 0.1) is 3.57 Å². The number of aromatic nitrogens is 2. The van der Waals surface area contributed by atoms with Crippen molar-refractivity contribution < 1.29 is 4.79 Å². The zero-order valence-corrected chi connectivity index (χ0v) is 11.3. The number of carbonyl (C=O) groups is 1. The molecule has 0 saturated carbocycles. The van der Waals surface area contributed by atoms with E-state index in [1.165, 1.54) is 6.33 Å². The molecule has 2 aromatic rings. The first kappa shape index (κ1) is 12.6. The van der Waals surface area contributed by atoms with E-state index in [1.54, 1.807) is 24.3 Å². The molecule has 0 unspecified atom stereocenters. The number of hydrogen-bond donors (Lipinski definition) is 3. The number of benzene rings is 1. The molecule has 7 heteroatoms. The minimum Gasteiger partial charge on any atom is -0.366 e. The maximum absolute atomic E-state index is 11.4.